The predicted molar refractivity (Wildman–Crippen MR) is 64.5 cm³/mol. The van der Waals surface area contributed by atoms with E-state index in [9.17, 15) is 9.59 Å². The van der Waals surface area contributed by atoms with Crippen LogP contribution in [-0.2, 0) is 9.59 Å². The van der Waals surface area contributed by atoms with Crippen LogP contribution in [-0.4, -0.2) is 51.7 Å². The van der Waals surface area contributed by atoms with Crippen molar-refractivity contribution in [2.24, 2.45) is 5.92 Å². The molecule has 1 fully saturated rings. The van der Waals surface area contributed by atoms with Gasteiger partial charge in [0.2, 0.25) is 11.8 Å². The van der Waals surface area contributed by atoms with Gasteiger partial charge < -0.3 is 9.52 Å². The normalized spacial score (nSPS) is 14.6. The molecule has 0 unspecified atom stereocenters. The van der Waals surface area contributed by atoms with Gasteiger partial charge in [-0.3, -0.25) is 19.8 Å². The van der Waals surface area contributed by atoms with Crippen LogP contribution in [0.25, 0.3) is 0 Å². The van der Waals surface area contributed by atoms with E-state index >= 15 is 0 Å². The first-order valence-electron chi connectivity index (χ1n) is 6.07. The highest BCUT2D eigenvalue weighted by molar-refractivity contribution is 5.90. The molecule has 1 aromatic rings. The number of amides is 1. The number of nitrogens with zero attached hydrogens (tertiary/aromatic N) is 3. The number of hydrogen-bond donors (Lipinski definition) is 2. The molecule has 1 saturated carbocycles. The summed E-state index contributed by atoms with van der Waals surface area (Å²) in [5.74, 6) is -0.430. The van der Waals surface area contributed by atoms with Crippen LogP contribution in [0.2, 0.25) is 0 Å². The van der Waals surface area contributed by atoms with Gasteiger partial charge in [-0.15, -0.1) is 5.10 Å². The van der Waals surface area contributed by atoms with Crippen LogP contribution in [0.5, 0.6) is 0 Å². The smallest absolute Gasteiger partial charge is 0.322 e. The molecule has 1 amide bonds. The second-order valence-electron chi connectivity index (χ2n) is 4.68. The van der Waals surface area contributed by atoms with E-state index in [1.54, 1.807) is 11.8 Å². The third-order valence-corrected chi connectivity index (χ3v) is 2.71. The van der Waals surface area contributed by atoms with Crippen LogP contribution < -0.4 is 5.32 Å². The highest BCUT2D eigenvalue weighted by atomic mass is 16.4. The van der Waals surface area contributed by atoms with Gasteiger partial charge in [-0.25, -0.2) is 0 Å². The maximum absolute atomic E-state index is 11.7. The van der Waals surface area contributed by atoms with Gasteiger partial charge in [0.15, 0.2) is 0 Å². The lowest BCUT2D eigenvalue weighted by Gasteiger charge is -2.18. The average molecular weight is 268 g/mol. The van der Waals surface area contributed by atoms with E-state index < -0.39 is 5.97 Å². The quantitative estimate of drug-likeness (QED) is 0.722. The number of aliphatic carboxylic acids is 1. The lowest BCUT2D eigenvalue weighted by atomic mass is 10.3. The summed E-state index contributed by atoms with van der Waals surface area (Å²) in [6, 6.07) is 0.0317. The number of carboxylic acids is 1. The number of anilines is 1. The largest absolute Gasteiger partial charge is 0.480 e. The molecule has 0 atom stereocenters. The summed E-state index contributed by atoms with van der Waals surface area (Å²) in [4.78, 5) is 24.1. The average Bonchev–Trinajstić information content (AvgIpc) is 3.00. The van der Waals surface area contributed by atoms with Crippen LogP contribution in [0.3, 0.4) is 0 Å². The lowest BCUT2D eigenvalue weighted by molar-refractivity contribution is -0.138. The topological polar surface area (TPSA) is 109 Å². The molecule has 1 aliphatic rings. The SMILES string of the molecule is Cc1nnc(NC(=O)CN(CC(=O)O)CC2CC2)o1. The van der Waals surface area contributed by atoms with Crippen LogP contribution in [0, 0.1) is 12.8 Å². The van der Waals surface area contributed by atoms with Crippen LogP contribution >= 0.6 is 0 Å². The van der Waals surface area contributed by atoms with Crippen molar-refractivity contribution < 1.29 is 19.1 Å². The van der Waals surface area contributed by atoms with Gasteiger partial charge in [-0.05, 0) is 18.8 Å². The van der Waals surface area contributed by atoms with E-state index in [2.05, 4.69) is 15.5 Å². The van der Waals surface area contributed by atoms with Crippen molar-refractivity contribution in [1.82, 2.24) is 15.1 Å². The number of aromatic nitrogens is 2. The van der Waals surface area contributed by atoms with Gasteiger partial charge in [-0.2, -0.15) is 0 Å². The fourth-order valence-electron chi connectivity index (χ4n) is 1.75. The predicted octanol–water partition coefficient (Wildman–Crippen LogP) is 0.113. The molecule has 1 aliphatic carbocycles. The summed E-state index contributed by atoms with van der Waals surface area (Å²) in [5.41, 5.74) is 0. The zero-order chi connectivity index (χ0) is 13.8. The Kier molecular flexibility index (Phi) is 4.10. The van der Waals surface area contributed by atoms with Crippen LogP contribution in [0.1, 0.15) is 18.7 Å². The van der Waals surface area contributed by atoms with Crippen molar-refractivity contribution in [2.75, 3.05) is 25.0 Å². The minimum Gasteiger partial charge on any atom is -0.480 e. The first kappa shape index (κ1) is 13.5. The number of carbonyl (C=O) groups excluding carboxylic acids is 1. The Morgan fingerprint density at radius 3 is 2.68 bits per heavy atom. The Labute approximate surface area is 109 Å². The van der Waals surface area contributed by atoms with Gasteiger partial charge in [0.1, 0.15) is 0 Å². The van der Waals surface area contributed by atoms with Crippen LogP contribution in [0.4, 0.5) is 6.01 Å². The van der Waals surface area contributed by atoms with Crippen molar-refractivity contribution in [2.45, 2.75) is 19.8 Å². The fraction of sp³-hybridized carbons (Fsp3) is 0.636. The van der Waals surface area contributed by atoms with Gasteiger partial charge in [-0.1, -0.05) is 5.10 Å². The molecule has 1 aromatic heterocycles. The molecule has 0 saturated heterocycles. The minimum atomic E-state index is -0.943. The monoisotopic (exact) mass is 268 g/mol. The Balaban J connectivity index is 1.84. The Bertz CT molecular complexity index is 469. The highest BCUT2D eigenvalue weighted by Gasteiger charge is 2.26. The highest BCUT2D eigenvalue weighted by Crippen LogP contribution is 2.29. The molecule has 2 N–H and O–H groups in total. The van der Waals surface area contributed by atoms with E-state index in [1.165, 1.54) is 0 Å². The minimum absolute atomic E-state index is 0.00419. The summed E-state index contributed by atoms with van der Waals surface area (Å²) >= 11 is 0. The number of aryl methyl sites for hydroxylation is 1. The van der Waals surface area contributed by atoms with Crippen molar-refractivity contribution in [3.05, 3.63) is 5.89 Å². The second kappa shape index (κ2) is 5.79. The number of nitrogens with one attached hydrogen (secondary N) is 1. The Hall–Kier alpha value is -1.96. The van der Waals surface area contributed by atoms with Crippen molar-refractivity contribution in [1.29, 1.82) is 0 Å². The fourth-order valence-corrected chi connectivity index (χ4v) is 1.75. The van der Waals surface area contributed by atoms with Crippen molar-refractivity contribution in [3.63, 3.8) is 0 Å². The molecular weight excluding hydrogens is 252 g/mol. The van der Waals surface area contributed by atoms with E-state index in [4.69, 9.17) is 9.52 Å². The number of carboxylic acid groups (broad SMARTS) is 1. The molecule has 0 radical (unpaired) electrons. The third kappa shape index (κ3) is 4.66. The summed E-state index contributed by atoms with van der Waals surface area (Å²) < 4.78 is 5.02. The summed E-state index contributed by atoms with van der Waals surface area (Å²) in [6.45, 7) is 2.10. The van der Waals surface area contributed by atoms with Crippen LogP contribution in [0.15, 0.2) is 4.42 Å². The van der Waals surface area contributed by atoms with E-state index in [0.29, 0.717) is 18.4 Å². The van der Waals surface area contributed by atoms with E-state index in [-0.39, 0.29) is 25.0 Å². The number of carbonyl (C=O) groups is 2. The standard InChI is InChI=1S/C11H16N4O4/c1-7-13-14-11(19-7)12-9(16)5-15(6-10(17)18)4-8-2-3-8/h8H,2-6H2,1H3,(H,17,18)(H,12,14,16). The zero-order valence-electron chi connectivity index (χ0n) is 10.6. The van der Waals surface area contributed by atoms with Gasteiger partial charge >= 0.3 is 12.0 Å². The molecule has 0 spiro atoms. The zero-order valence-corrected chi connectivity index (χ0v) is 10.6. The summed E-state index contributed by atoms with van der Waals surface area (Å²) in [7, 11) is 0. The molecule has 1 heterocycles. The molecule has 2 rings (SSSR count). The van der Waals surface area contributed by atoms with Gasteiger partial charge in [0, 0.05) is 13.5 Å². The van der Waals surface area contributed by atoms with Crippen molar-refractivity contribution >= 4 is 17.9 Å². The maximum Gasteiger partial charge on any atom is 0.322 e. The Morgan fingerprint density at radius 1 is 1.42 bits per heavy atom. The first-order chi connectivity index (χ1) is 9.02. The summed E-state index contributed by atoms with van der Waals surface area (Å²) in [5, 5.41) is 18.5. The molecule has 19 heavy (non-hydrogen) atoms. The number of hydrogen-bond acceptors (Lipinski definition) is 6. The van der Waals surface area contributed by atoms with E-state index in [0.717, 1.165) is 12.8 Å². The van der Waals surface area contributed by atoms with Crippen molar-refractivity contribution in [3.8, 4) is 0 Å². The molecular formula is C11H16N4O4. The maximum atomic E-state index is 11.7. The molecule has 104 valence electrons. The molecule has 8 nitrogen and oxygen atoms in total. The molecule has 0 aromatic carbocycles. The molecule has 0 bridgehead atoms. The van der Waals surface area contributed by atoms with Gasteiger partial charge in [0.05, 0.1) is 13.1 Å². The lowest BCUT2D eigenvalue weighted by Crippen LogP contribution is -2.38. The third-order valence-electron chi connectivity index (χ3n) is 2.71. The first-order valence-corrected chi connectivity index (χ1v) is 6.07. The Morgan fingerprint density at radius 2 is 2.16 bits per heavy atom. The second-order valence-corrected chi connectivity index (χ2v) is 4.68. The van der Waals surface area contributed by atoms with E-state index in [1.807, 2.05) is 0 Å². The molecule has 0 aliphatic heterocycles. The van der Waals surface area contributed by atoms with Gasteiger partial charge in [0.25, 0.3) is 0 Å². The molecule has 8 heteroatoms. The number of rotatable bonds is 7. The summed E-state index contributed by atoms with van der Waals surface area (Å²) in [6.07, 6.45) is 2.20.